The van der Waals surface area contributed by atoms with Crippen LogP contribution >= 0.6 is 0 Å². The van der Waals surface area contributed by atoms with Crippen LogP contribution in [-0.4, -0.2) is 17.6 Å². The second kappa shape index (κ2) is 3.93. The lowest BCUT2D eigenvalue weighted by Crippen LogP contribution is -2.34. The molecule has 0 aliphatic carbocycles. The fraction of sp³-hybridized carbons (Fsp3) is 0.417. The smallest absolute Gasteiger partial charge is 0.226 e. The Balaban J connectivity index is 2.45. The maximum absolute atomic E-state index is 11.7. The number of carbonyl (C=O) groups excluding carboxylic acids is 1. The van der Waals surface area contributed by atoms with Crippen LogP contribution in [0.3, 0.4) is 0 Å². The number of para-hydroxylation sites is 1. The fourth-order valence-electron chi connectivity index (χ4n) is 2.07. The van der Waals surface area contributed by atoms with Gasteiger partial charge in [-0.1, -0.05) is 19.1 Å². The van der Waals surface area contributed by atoms with E-state index in [1.807, 2.05) is 19.1 Å². The normalized spacial score (nSPS) is 14.9. The van der Waals surface area contributed by atoms with Crippen LogP contribution in [0.1, 0.15) is 25.3 Å². The van der Waals surface area contributed by atoms with Crippen molar-refractivity contribution < 1.29 is 9.90 Å². The zero-order chi connectivity index (χ0) is 10.8. The van der Waals surface area contributed by atoms with Crippen LogP contribution in [0.15, 0.2) is 18.2 Å². The molecule has 0 bridgehead atoms. The molecule has 0 radical (unpaired) electrons. The predicted molar refractivity (Wildman–Crippen MR) is 59.1 cm³/mol. The molecule has 1 heterocycles. The van der Waals surface area contributed by atoms with Crippen LogP contribution in [0.25, 0.3) is 0 Å². The van der Waals surface area contributed by atoms with Gasteiger partial charge in [0.25, 0.3) is 0 Å². The van der Waals surface area contributed by atoms with Gasteiger partial charge in [0.1, 0.15) is 5.75 Å². The molecule has 1 aliphatic rings. The molecule has 0 spiro atoms. The summed E-state index contributed by atoms with van der Waals surface area (Å²) >= 11 is 0. The molecule has 2 rings (SSSR count). The summed E-state index contributed by atoms with van der Waals surface area (Å²) in [6.07, 6.45) is 2.40. The average Bonchev–Trinajstić information content (AvgIpc) is 2.28. The van der Waals surface area contributed by atoms with E-state index in [9.17, 15) is 9.90 Å². The number of aromatic hydroxyl groups is 1. The lowest BCUT2D eigenvalue weighted by Gasteiger charge is -2.29. The Labute approximate surface area is 89.3 Å². The Morgan fingerprint density at radius 1 is 1.53 bits per heavy atom. The SMILES string of the molecule is CCC(=O)N1CCCc2cccc(O)c21. The Morgan fingerprint density at radius 2 is 2.33 bits per heavy atom. The molecule has 0 saturated carbocycles. The van der Waals surface area contributed by atoms with Gasteiger partial charge < -0.3 is 10.0 Å². The first-order valence-electron chi connectivity index (χ1n) is 5.35. The number of rotatable bonds is 1. The van der Waals surface area contributed by atoms with Crippen LogP contribution in [0.2, 0.25) is 0 Å². The number of amides is 1. The summed E-state index contributed by atoms with van der Waals surface area (Å²) in [5.74, 6) is 0.298. The lowest BCUT2D eigenvalue weighted by molar-refractivity contribution is -0.118. The molecule has 0 atom stereocenters. The molecule has 1 amide bonds. The number of nitrogens with zero attached hydrogens (tertiary/aromatic N) is 1. The monoisotopic (exact) mass is 205 g/mol. The zero-order valence-electron chi connectivity index (χ0n) is 8.86. The largest absolute Gasteiger partial charge is 0.506 e. The summed E-state index contributed by atoms with van der Waals surface area (Å²) in [6.45, 7) is 2.56. The topological polar surface area (TPSA) is 40.5 Å². The van der Waals surface area contributed by atoms with Gasteiger partial charge in [0.05, 0.1) is 5.69 Å². The summed E-state index contributed by atoms with van der Waals surface area (Å²) in [5, 5.41) is 9.78. The van der Waals surface area contributed by atoms with Crippen molar-refractivity contribution in [3.05, 3.63) is 23.8 Å². The first-order chi connectivity index (χ1) is 7.24. The van der Waals surface area contributed by atoms with E-state index in [2.05, 4.69) is 0 Å². The maximum atomic E-state index is 11.7. The minimum atomic E-state index is 0.0810. The molecule has 1 aromatic rings. The molecular weight excluding hydrogens is 190 g/mol. The van der Waals surface area contributed by atoms with Crippen molar-refractivity contribution in [2.24, 2.45) is 0 Å². The summed E-state index contributed by atoms with van der Waals surface area (Å²) in [5.41, 5.74) is 1.79. The highest BCUT2D eigenvalue weighted by atomic mass is 16.3. The van der Waals surface area contributed by atoms with Crippen LogP contribution in [0.5, 0.6) is 5.75 Å². The van der Waals surface area contributed by atoms with E-state index in [1.165, 1.54) is 0 Å². The second-order valence-corrected chi connectivity index (χ2v) is 3.79. The van der Waals surface area contributed by atoms with Crippen LogP contribution in [0.4, 0.5) is 5.69 Å². The number of fused-ring (bicyclic) bond motifs is 1. The minimum Gasteiger partial charge on any atom is -0.506 e. The van der Waals surface area contributed by atoms with Crippen LogP contribution in [-0.2, 0) is 11.2 Å². The Hall–Kier alpha value is -1.51. The van der Waals surface area contributed by atoms with Gasteiger partial charge in [0.15, 0.2) is 0 Å². The fourth-order valence-corrected chi connectivity index (χ4v) is 2.07. The van der Waals surface area contributed by atoms with Crippen molar-refractivity contribution in [1.29, 1.82) is 0 Å². The van der Waals surface area contributed by atoms with Crippen molar-refractivity contribution in [2.75, 3.05) is 11.4 Å². The van der Waals surface area contributed by atoms with Crippen molar-refractivity contribution in [1.82, 2.24) is 0 Å². The third kappa shape index (κ3) is 1.69. The molecule has 1 aliphatic heterocycles. The first-order valence-corrected chi connectivity index (χ1v) is 5.35. The summed E-state index contributed by atoms with van der Waals surface area (Å²) in [4.78, 5) is 13.4. The highest BCUT2D eigenvalue weighted by molar-refractivity contribution is 5.96. The van der Waals surface area contributed by atoms with Crippen molar-refractivity contribution >= 4 is 11.6 Å². The molecular formula is C12H15NO2. The van der Waals surface area contributed by atoms with E-state index in [4.69, 9.17) is 0 Å². The molecule has 0 unspecified atom stereocenters. The van der Waals surface area contributed by atoms with Gasteiger partial charge in [-0.2, -0.15) is 0 Å². The number of hydrogen-bond donors (Lipinski definition) is 1. The molecule has 0 saturated heterocycles. The lowest BCUT2D eigenvalue weighted by atomic mass is 10.0. The van der Waals surface area contributed by atoms with Gasteiger partial charge in [-0.05, 0) is 24.5 Å². The number of hydrogen-bond acceptors (Lipinski definition) is 2. The number of benzene rings is 1. The maximum Gasteiger partial charge on any atom is 0.226 e. The van der Waals surface area contributed by atoms with E-state index in [-0.39, 0.29) is 11.7 Å². The number of anilines is 1. The van der Waals surface area contributed by atoms with Gasteiger partial charge in [-0.25, -0.2) is 0 Å². The quantitative estimate of drug-likeness (QED) is 0.762. The Morgan fingerprint density at radius 3 is 3.07 bits per heavy atom. The molecule has 3 nitrogen and oxygen atoms in total. The Bertz CT molecular complexity index is 387. The summed E-state index contributed by atoms with van der Waals surface area (Å²) in [6, 6.07) is 5.44. The third-order valence-corrected chi connectivity index (χ3v) is 2.80. The van der Waals surface area contributed by atoms with E-state index >= 15 is 0 Å². The van der Waals surface area contributed by atoms with Crippen LogP contribution < -0.4 is 4.90 Å². The molecule has 0 aromatic heterocycles. The molecule has 1 aromatic carbocycles. The standard InChI is InChI=1S/C12H15NO2/c1-2-11(15)13-8-4-6-9-5-3-7-10(14)12(9)13/h3,5,7,14H,2,4,6,8H2,1H3. The predicted octanol–water partition coefficient (Wildman–Crippen LogP) is 2.08. The van der Waals surface area contributed by atoms with Gasteiger partial charge in [-0.15, -0.1) is 0 Å². The summed E-state index contributed by atoms with van der Waals surface area (Å²) < 4.78 is 0. The van der Waals surface area contributed by atoms with Crippen molar-refractivity contribution in [3.63, 3.8) is 0 Å². The van der Waals surface area contributed by atoms with E-state index in [0.717, 1.165) is 30.6 Å². The molecule has 80 valence electrons. The van der Waals surface area contributed by atoms with Gasteiger partial charge in [0.2, 0.25) is 5.91 Å². The highest BCUT2D eigenvalue weighted by Gasteiger charge is 2.23. The van der Waals surface area contributed by atoms with Crippen molar-refractivity contribution in [3.8, 4) is 5.75 Å². The first kappa shape index (κ1) is 10.0. The van der Waals surface area contributed by atoms with E-state index in [1.54, 1.807) is 11.0 Å². The molecule has 15 heavy (non-hydrogen) atoms. The van der Waals surface area contributed by atoms with Crippen LogP contribution in [0, 0.1) is 0 Å². The number of carbonyl (C=O) groups is 1. The third-order valence-electron chi connectivity index (χ3n) is 2.80. The van der Waals surface area contributed by atoms with E-state index < -0.39 is 0 Å². The average molecular weight is 205 g/mol. The highest BCUT2D eigenvalue weighted by Crippen LogP contribution is 2.35. The summed E-state index contributed by atoms with van der Waals surface area (Å²) in [7, 11) is 0. The van der Waals surface area contributed by atoms with Gasteiger partial charge >= 0.3 is 0 Å². The van der Waals surface area contributed by atoms with Crippen molar-refractivity contribution in [2.45, 2.75) is 26.2 Å². The molecule has 0 fully saturated rings. The minimum absolute atomic E-state index is 0.0810. The second-order valence-electron chi connectivity index (χ2n) is 3.79. The number of aryl methyl sites for hydroxylation is 1. The molecule has 1 N–H and O–H groups in total. The number of phenolic OH excluding ortho intramolecular Hbond substituents is 1. The number of phenols is 1. The Kier molecular flexibility index (Phi) is 2.62. The van der Waals surface area contributed by atoms with Gasteiger partial charge in [0, 0.05) is 13.0 Å². The zero-order valence-corrected chi connectivity index (χ0v) is 8.86. The van der Waals surface area contributed by atoms with E-state index in [0.29, 0.717) is 6.42 Å². The van der Waals surface area contributed by atoms with Gasteiger partial charge in [-0.3, -0.25) is 4.79 Å². The molecule has 3 heteroatoms.